The number of hydrogen-bond acceptors (Lipinski definition) is 5. The molecule has 0 fully saturated rings. The first-order chi connectivity index (χ1) is 13.6. The molecule has 6 heteroatoms. The highest BCUT2D eigenvalue weighted by Gasteiger charge is 2.29. The fourth-order valence-corrected chi connectivity index (χ4v) is 3.60. The number of carbonyl (C=O) groups excluding carboxylic acids is 1. The Morgan fingerprint density at radius 1 is 1.00 bits per heavy atom. The lowest BCUT2D eigenvalue weighted by molar-refractivity contribution is 0.00608. The van der Waals surface area contributed by atoms with Crippen LogP contribution < -0.4 is 5.32 Å². The molecule has 4 rings (SSSR count). The van der Waals surface area contributed by atoms with Gasteiger partial charge in [-0.1, -0.05) is 48.5 Å². The molecular formula is C22H21NO5. The summed E-state index contributed by atoms with van der Waals surface area (Å²) in [4.78, 5) is 12.1. The third-order valence-corrected chi connectivity index (χ3v) is 5.00. The zero-order valence-electron chi connectivity index (χ0n) is 15.1. The van der Waals surface area contributed by atoms with Gasteiger partial charge < -0.3 is 24.7 Å². The lowest BCUT2D eigenvalue weighted by atomic mass is 9.98. The normalized spacial score (nSPS) is 14.8. The molecule has 144 valence electrons. The van der Waals surface area contributed by atoms with Crippen LogP contribution in [0.5, 0.6) is 0 Å². The van der Waals surface area contributed by atoms with Gasteiger partial charge in [0.25, 0.3) is 0 Å². The molecule has 1 heterocycles. The van der Waals surface area contributed by atoms with Crippen LogP contribution in [0.15, 0.2) is 71.3 Å². The van der Waals surface area contributed by atoms with E-state index < -0.39 is 18.3 Å². The number of carbonyl (C=O) groups is 1. The van der Waals surface area contributed by atoms with Crippen molar-refractivity contribution in [2.75, 3.05) is 13.2 Å². The van der Waals surface area contributed by atoms with Gasteiger partial charge in [0.2, 0.25) is 0 Å². The predicted octanol–water partition coefficient (Wildman–Crippen LogP) is 3.21. The fourth-order valence-electron chi connectivity index (χ4n) is 3.60. The number of benzene rings is 2. The van der Waals surface area contributed by atoms with Crippen LogP contribution in [-0.4, -0.2) is 35.6 Å². The number of amides is 1. The summed E-state index contributed by atoms with van der Waals surface area (Å²) in [5.74, 6) is 0.207. The number of furan rings is 1. The number of aliphatic hydroxyl groups excluding tert-OH is 2. The molecule has 2 aromatic carbocycles. The van der Waals surface area contributed by atoms with Crippen LogP contribution in [0.25, 0.3) is 11.1 Å². The molecule has 6 nitrogen and oxygen atoms in total. The zero-order chi connectivity index (χ0) is 19.5. The van der Waals surface area contributed by atoms with E-state index in [2.05, 4.69) is 17.4 Å². The minimum atomic E-state index is -1.22. The average Bonchev–Trinajstić information content (AvgIpc) is 3.37. The molecule has 1 aliphatic carbocycles. The second-order valence-electron chi connectivity index (χ2n) is 6.73. The molecule has 0 radical (unpaired) electrons. The van der Waals surface area contributed by atoms with Crippen molar-refractivity contribution in [3.8, 4) is 11.1 Å². The Labute approximate surface area is 162 Å². The zero-order valence-corrected chi connectivity index (χ0v) is 15.1. The van der Waals surface area contributed by atoms with E-state index in [0.717, 1.165) is 22.3 Å². The predicted molar refractivity (Wildman–Crippen MR) is 103 cm³/mol. The smallest absolute Gasteiger partial charge is 0.407 e. The van der Waals surface area contributed by atoms with Crippen molar-refractivity contribution in [2.24, 2.45) is 0 Å². The lowest BCUT2D eigenvalue weighted by Crippen LogP contribution is -2.36. The second kappa shape index (κ2) is 7.88. The van der Waals surface area contributed by atoms with E-state index in [4.69, 9.17) is 9.15 Å². The van der Waals surface area contributed by atoms with Crippen LogP contribution in [0.4, 0.5) is 4.79 Å². The van der Waals surface area contributed by atoms with Crippen molar-refractivity contribution < 1.29 is 24.2 Å². The SMILES string of the molecule is O=C(NCC(O)C(O)c1ccco1)OCC1c2ccccc2-c2ccccc21. The van der Waals surface area contributed by atoms with Gasteiger partial charge in [-0.3, -0.25) is 0 Å². The number of rotatable bonds is 6. The quantitative estimate of drug-likeness (QED) is 0.612. The van der Waals surface area contributed by atoms with Crippen LogP contribution in [0.1, 0.15) is 28.9 Å². The van der Waals surface area contributed by atoms with E-state index in [1.165, 1.54) is 6.26 Å². The van der Waals surface area contributed by atoms with E-state index in [9.17, 15) is 15.0 Å². The highest BCUT2D eigenvalue weighted by Crippen LogP contribution is 2.44. The molecular weight excluding hydrogens is 358 g/mol. The van der Waals surface area contributed by atoms with Crippen molar-refractivity contribution in [2.45, 2.75) is 18.1 Å². The molecule has 1 aromatic heterocycles. The molecule has 2 unspecified atom stereocenters. The van der Waals surface area contributed by atoms with Crippen LogP contribution in [0.3, 0.4) is 0 Å². The molecule has 0 saturated carbocycles. The van der Waals surface area contributed by atoms with E-state index >= 15 is 0 Å². The molecule has 0 saturated heterocycles. The maximum atomic E-state index is 12.1. The van der Waals surface area contributed by atoms with E-state index in [0.29, 0.717) is 0 Å². The van der Waals surface area contributed by atoms with Gasteiger partial charge in [0.1, 0.15) is 24.6 Å². The summed E-state index contributed by atoms with van der Waals surface area (Å²) < 4.78 is 10.4. The molecule has 1 aliphatic rings. The van der Waals surface area contributed by atoms with Crippen molar-refractivity contribution in [1.82, 2.24) is 5.32 Å². The maximum absolute atomic E-state index is 12.1. The molecule has 1 amide bonds. The van der Waals surface area contributed by atoms with Gasteiger partial charge >= 0.3 is 6.09 Å². The summed E-state index contributed by atoms with van der Waals surface area (Å²) in [6.45, 7) is 0.0369. The minimum absolute atomic E-state index is 0.0308. The monoisotopic (exact) mass is 379 g/mol. The van der Waals surface area contributed by atoms with Gasteiger partial charge in [0, 0.05) is 12.5 Å². The molecule has 0 spiro atoms. The summed E-state index contributed by atoms with van der Waals surface area (Å²) in [6.07, 6.45) is -1.66. The second-order valence-corrected chi connectivity index (χ2v) is 6.73. The van der Waals surface area contributed by atoms with Crippen molar-refractivity contribution >= 4 is 6.09 Å². The third-order valence-electron chi connectivity index (χ3n) is 5.00. The van der Waals surface area contributed by atoms with E-state index in [1.54, 1.807) is 12.1 Å². The molecule has 3 N–H and O–H groups in total. The Kier molecular flexibility index (Phi) is 5.14. The largest absolute Gasteiger partial charge is 0.466 e. The van der Waals surface area contributed by atoms with E-state index in [-0.39, 0.29) is 24.8 Å². The standard InChI is InChI=1S/C22H21NO5/c24-19(21(25)20-10-5-11-27-20)12-23-22(26)28-13-18-16-8-3-1-6-14(16)15-7-2-4-9-17(15)18/h1-11,18-19,21,24-25H,12-13H2,(H,23,26). The Bertz CT molecular complexity index is 908. The van der Waals surface area contributed by atoms with Crippen molar-refractivity contribution in [3.63, 3.8) is 0 Å². The Morgan fingerprint density at radius 3 is 2.25 bits per heavy atom. The van der Waals surface area contributed by atoms with Crippen LogP contribution >= 0.6 is 0 Å². The van der Waals surface area contributed by atoms with Crippen LogP contribution in [0, 0.1) is 0 Å². The first-order valence-corrected chi connectivity index (χ1v) is 9.13. The number of hydrogen-bond donors (Lipinski definition) is 3. The van der Waals surface area contributed by atoms with Crippen molar-refractivity contribution in [1.29, 1.82) is 0 Å². The van der Waals surface area contributed by atoms with Gasteiger partial charge in [-0.25, -0.2) is 4.79 Å². The van der Waals surface area contributed by atoms with Gasteiger partial charge in [0.05, 0.1) is 6.26 Å². The lowest BCUT2D eigenvalue weighted by Gasteiger charge is -2.18. The molecule has 3 aromatic rings. The summed E-state index contributed by atoms with van der Waals surface area (Å²) in [5.41, 5.74) is 4.57. The number of aliphatic hydroxyl groups is 2. The Hall–Kier alpha value is -3.09. The summed E-state index contributed by atoms with van der Waals surface area (Å²) in [7, 11) is 0. The number of alkyl carbamates (subject to hydrolysis) is 1. The van der Waals surface area contributed by atoms with Gasteiger partial charge in [0.15, 0.2) is 0 Å². The van der Waals surface area contributed by atoms with Gasteiger partial charge in [-0.15, -0.1) is 0 Å². The number of nitrogens with one attached hydrogen (secondary N) is 1. The van der Waals surface area contributed by atoms with Gasteiger partial charge in [-0.05, 0) is 34.4 Å². The van der Waals surface area contributed by atoms with Crippen molar-refractivity contribution in [3.05, 3.63) is 83.8 Å². The fraction of sp³-hybridized carbons (Fsp3) is 0.227. The third kappa shape index (κ3) is 3.52. The molecule has 2 atom stereocenters. The Morgan fingerprint density at radius 2 is 1.64 bits per heavy atom. The summed E-state index contributed by atoms with van der Waals surface area (Å²) in [6, 6.07) is 19.4. The Balaban J connectivity index is 1.35. The van der Waals surface area contributed by atoms with E-state index in [1.807, 2.05) is 36.4 Å². The average molecular weight is 379 g/mol. The number of fused-ring (bicyclic) bond motifs is 3. The minimum Gasteiger partial charge on any atom is -0.466 e. The molecule has 0 bridgehead atoms. The molecule has 28 heavy (non-hydrogen) atoms. The van der Waals surface area contributed by atoms with Gasteiger partial charge in [-0.2, -0.15) is 0 Å². The number of ether oxygens (including phenoxy) is 1. The summed E-state index contributed by atoms with van der Waals surface area (Å²) in [5, 5.41) is 22.5. The topological polar surface area (TPSA) is 91.9 Å². The molecule has 0 aliphatic heterocycles. The van der Waals surface area contributed by atoms with Crippen LogP contribution in [-0.2, 0) is 4.74 Å². The maximum Gasteiger partial charge on any atom is 0.407 e. The first-order valence-electron chi connectivity index (χ1n) is 9.13. The highest BCUT2D eigenvalue weighted by molar-refractivity contribution is 5.79. The van der Waals surface area contributed by atoms with Crippen LogP contribution in [0.2, 0.25) is 0 Å². The first kappa shape index (κ1) is 18.3. The highest BCUT2D eigenvalue weighted by atomic mass is 16.5. The summed E-state index contributed by atoms with van der Waals surface area (Å²) >= 11 is 0.